The molecule has 0 atom stereocenters. The zero-order chi connectivity index (χ0) is 14.5. The number of nitrogen functional groups attached to an aromatic ring is 1. The first-order valence-corrected chi connectivity index (χ1v) is 6.65. The van der Waals surface area contributed by atoms with Crippen LogP contribution in [-0.4, -0.2) is 13.1 Å². The van der Waals surface area contributed by atoms with E-state index in [4.69, 9.17) is 10.5 Å². The number of nitrogens with one attached hydrogen (secondary N) is 2. The SMILES string of the molecule is COc1ccc(Br)c(NC(=O)Nc2cccc(N)c2)c1. The van der Waals surface area contributed by atoms with Gasteiger partial charge < -0.3 is 21.1 Å². The number of ether oxygens (including phenoxy) is 1. The average molecular weight is 336 g/mol. The maximum atomic E-state index is 11.9. The molecule has 0 saturated carbocycles. The monoisotopic (exact) mass is 335 g/mol. The van der Waals surface area contributed by atoms with Crippen molar-refractivity contribution in [3.05, 3.63) is 46.9 Å². The molecule has 2 rings (SSSR count). The third kappa shape index (κ3) is 3.64. The highest BCUT2D eigenvalue weighted by atomic mass is 79.9. The minimum atomic E-state index is -0.357. The maximum absolute atomic E-state index is 11.9. The Balaban J connectivity index is 2.08. The summed E-state index contributed by atoms with van der Waals surface area (Å²) < 4.78 is 5.88. The lowest BCUT2D eigenvalue weighted by molar-refractivity contribution is 0.262. The summed E-state index contributed by atoms with van der Waals surface area (Å²) in [6, 6.07) is 11.9. The third-order valence-corrected chi connectivity index (χ3v) is 3.26. The van der Waals surface area contributed by atoms with Crippen LogP contribution in [0.4, 0.5) is 21.9 Å². The van der Waals surface area contributed by atoms with Gasteiger partial charge in [0, 0.05) is 21.9 Å². The number of rotatable bonds is 3. The topological polar surface area (TPSA) is 76.4 Å². The van der Waals surface area contributed by atoms with Crippen molar-refractivity contribution < 1.29 is 9.53 Å². The molecule has 5 nitrogen and oxygen atoms in total. The summed E-state index contributed by atoms with van der Waals surface area (Å²) in [5.74, 6) is 0.660. The molecule has 0 bridgehead atoms. The molecular weight excluding hydrogens is 322 g/mol. The smallest absolute Gasteiger partial charge is 0.323 e. The fourth-order valence-electron chi connectivity index (χ4n) is 1.63. The van der Waals surface area contributed by atoms with Crippen molar-refractivity contribution in [3.63, 3.8) is 0 Å². The second-order valence-electron chi connectivity index (χ2n) is 4.05. The lowest BCUT2D eigenvalue weighted by atomic mass is 10.3. The largest absolute Gasteiger partial charge is 0.497 e. The highest BCUT2D eigenvalue weighted by Crippen LogP contribution is 2.27. The number of benzene rings is 2. The van der Waals surface area contributed by atoms with E-state index in [1.54, 1.807) is 49.6 Å². The van der Waals surface area contributed by atoms with Crippen molar-refractivity contribution in [3.8, 4) is 5.75 Å². The number of urea groups is 1. The summed E-state index contributed by atoms with van der Waals surface area (Å²) >= 11 is 3.37. The summed E-state index contributed by atoms with van der Waals surface area (Å²) in [6.07, 6.45) is 0. The molecule has 0 heterocycles. The van der Waals surface area contributed by atoms with Crippen molar-refractivity contribution in [1.82, 2.24) is 0 Å². The van der Waals surface area contributed by atoms with Crippen LogP contribution in [0.5, 0.6) is 5.75 Å². The highest BCUT2D eigenvalue weighted by molar-refractivity contribution is 9.10. The van der Waals surface area contributed by atoms with Gasteiger partial charge in [0.25, 0.3) is 0 Å². The van der Waals surface area contributed by atoms with Crippen LogP contribution in [0.25, 0.3) is 0 Å². The molecule has 4 N–H and O–H groups in total. The molecule has 0 aromatic heterocycles. The van der Waals surface area contributed by atoms with Crippen LogP contribution in [0.1, 0.15) is 0 Å². The van der Waals surface area contributed by atoms with E-state index in [1.165, 1.54) is 0 Å². The first kappa shape index (κ1) is 14.2. The van der Waals surface area contributed by atoms with E-state index in [-0.39, 0.29) is 6.03 Å². The van der Waals surface area contributed by atoms with Gasteiger partial charge in [-0.05, 0) is 46.3 Å². The molecule has 20 heavy (non-hydrogen) atoms. The minimum absolute atomic E-state index is 0.357. The van der Waals surface area contributed by atoms with Gasteiger partial charge in [-0.25, -0.2) is 4.79 Å². The number of amides is 2. The molecule has 0 aliphatic rings. The number of carbonyl (C=O) groups excluding carboxylic acids is 1. The van der Waals surface area contributed by atoms with Crippen molar-refractivity contribution in [2.24, 2.45) is 0 Å². The zero-order valence-electron chi connectivity index (χ0n) is 10.8. The predicted molar refractivity (Wildman–Crippen MR) is 84.2 cm³/mol. The predicted octanol–water partition coefficient (Wildman–Crippen LogP) is 3.68. The molecular formula is C14H14BrN3O2. The average Bonchev–Trinajstić information content (AvgIpc) is 2.41. The molecule has 6 heteroatoms. The van der Waals surface area contributed by atoms with Gasteiger partial charge in [0.2, 0.25) is 0 Å². The van der Waals surface area contributed by atoms with E-state index in [0.29, 0.717) is 22.8 Å². The second kappa shape index (κ2) is 6.29. The van der Waals surface area contributed by atoms with Gasteiger partial charge in [-0.2, -0.15) is 0 Å². The van der Waals surface area contributed by atoms with Crippen molar-refractivity contribution in [1.29, 1.82) is 0 Å². The zero-order valence-corrected chi connectivity index (χ0v) is 12.4. The normalized spacial score (nSPS) is 9.90. The first-order chi connectivity index (χ1) is 9.58. The number of halogens is 1. The van der Waals surface area contributed by atoms with Crippen molar-refractivity contribution in [2.45, 2.75) is 0 Å². The fourth-order valence-corrected chi connectivity index (χ4v) is 1.97. The summed E-state index contributed by atoms with van der Waals surface area (Å²) in [6.45, 7) is 0. The van der Waals surface area contributed by atoms with E-state index < -0.39 is 0 Å². The summed E-state index contributed by atoms with van der Waals surface area (Å²) in [7, 11) is 1.57. The number of carbonyl (C=O) groups is 1. The Morgan fingerprint density at radius 3 is 2.70 bits per heavy atom. The van der Waals surface area contributed by atoms with Crippen molar-refractivity contribution in [2.75, 3.05) is 23.5 Å². The van der Waals surface area contributed by atoms with Crippen LogP contribution in [0, 0.1) is 0 Å². The Labute approximate surface area is 125 Å². The Morgan fingerprint density at radius 1 is 1.20 bits per heavy atom. The standard InChI is InChI=1S/C14H14BrN3O2/c1-20-11-5-6-12(15)13(8-11)18-14(19)17-10-4-2-3-9(16)7-10/h2-8H,16H2,1H3,(H2,17,18,19). The molecule has 0 aliphatic heterocycles. The van der Waals surface area contributed by atoms with Crippen LogP contribution in [-0.2, 0) is 0 Å². The van der Waals surface area contributed by atoms with Gasteiger partial charge in [0.05, 0.1) is 12.8 Å². The van der Waals surface area contributed by atoms with Gasteiger partial charge in [-0.1, -0.05) is 6.07 Å². The van der Waals surface area contributed by atoms with Crippen LogP contribution in [0.3, 0.4) is 0 Å². The van der Waals surface area contributed by atoms with Gasteiger partial charge >= 0.3 is 6.03 Å². The molecule has 104 valence electrons. The quantitative estimate of drug-likeness (QED) is 0.748. The number of hydrogen-bond donors (Lipinski definition) is 3. The number of nitrogens with two attached hydrogens (primary N) is 1. The van der Waals surface area contributed by atoms with E-state index >= 15 is 0 Å². The van der Waals surface area contributed by atoms with E-state index in [9.17, 15) is 4.79 Å². The molecule has 2 aromatic rings. The van der Waals surface area contributed by atoms with Crippen molar-refractivity contribution >= 4 is 39.0 Å². The van der Waals surface area contributed by atoms with Crippen LogP contribution in [0.2, 0.25) is 0 Å². The Kier molecular flexibility index (Phi) is 4.47. The van der Waals surface area contributed by atoms with Crippen LogP contribution < -0.4 is 21.1 Å². The van der Waals surface area contributed by atoms with Crippen LogP contribution in [0.15, 0.2) is 46.9 Å². The van der Waals surface area contributed by atoms with E-state index in [1.807, 2.05) is 0 Å². The molecule has 0 spiro atoms. The molecule has 0 unspecified atom stereocenters. The molecule has 0 saturated heterocycles. The Hall–Kier alpha value is -2.21. The number of anilines is 3. The molecule has 2 amide bonds. The number of methoxy groups -OCH3 is 1. The molecule has 0 fully saturated rings. The van der Waals surface area contributed by atoms with Gasteiger partial charge in [-0.3, -0.25) is 0 Å². The first-order valence-electron chi connectivity index (χ1n) is 5.85. The van der Waals surface area contributed by atoms with E-state index in [2.05, 4.69) is 26.6 Å². The minimum Gasteiger partial charge on any atom is -0.497 e. The lowest BCUT2D eigenvalue weighted by Crippen LogP contribution is -2.19. The Bertz CT molecular complexity index is 632. The second-order valence-corrected chi connectivity index (χ2v) is 4.90. The Morgan fingerprint density at radius 2 is 2.00 bits per heavy atom. The number of hydrogen-bond acceptors (Lipinski definition) is 3. The van der Waals surface area contributed by atoms with Gasteiger partial charge in [0.15, 0.2) is 0 Å². The van der Waals surface area contributed by atoms with E-state index in [0.717, 1.165) is 4.47 Å². The fraction of sp³-hybridized carbons (Fsp3) is 0.0714. The van der Waals surface area contributed by atoms with Crippen LogP contribution >= 0.6 is 15.9 Å². The summed E-state index contributed by atoms with van der Waals surface area (Å²) in [5.41, 5.74) is 7.48. The maximum Gasteiger partial charge on any atom is 0.323 e. The summed E-state index contributed by atoms with van der Waals surface area (Å²) in [4.78, 5) is 11.9. The lowest BCUT2D eigenvalue weighted by Gasteiger charge is -2.10. The van der Waals surface area contributed by atoms with Gasteiger partial charge in [-0.15, -0.1) is 0 Å². The van der Waals surface area contributed by atoms with Gasteiger partial charge in [0.1, 0.15) is 5.75 Å². The summed E-state index contributed by atoms with van der Waals surface area (Å²) in [5, 5.41) is 5.44. The third-order valence-electron chi connectivity index (χ3n) is 2.57. The molecule has 0 aliphatic carbocycles. The molecule has 0 radical (unpaired) electrons. The molecule has 2 aromatic carbocycles. The highest BCUT2D eigenvalue weighted by Gasteiger charge is 2.07.